The van der Waals surface area contributed by atoms with E-state index >= 15 is 0 Å². The fourth-order valence-corrected chi connectivity index (χ4v) is 4.09. The summed E-state index contributed by atoms with van der Waals surface area (Å²) in [7, 11) is 0. The number of halogens is 4. The summed E-state index contributed by atoms with van der Waals surface area (Å²) in [4.78, 5) is 0. The van der Waals surface area contributed by atoms with Crippen molar-refractivity contribution in [2.75, 3.05) is 0 Å². The van der Waals surface area contributed by atoms with Crippen molar-refractivity contribution in [3.8, 4) is 0 Å². The minimum atomic E-state index is -4.70. The molecular formula is C22H32F4N2OS. The van der Waals surface area contributed by atoms with E-state index in [-0.39, 0.29) is 22.3 Å². The zero-order valence-corrected chi connectivity index (χ0v) is 19.7. The summed E-state index contributed by atoms with van der Waals surface area (Å²) in [5, 5.41) is 0.182. The van der Waals surface area contributed by atoms with Crippen LogP contribution in [-0.2, 0) is 17.9 Å². The number of benzene rings is 1. The molecule has 1 aromatic heterocycles. The van der Waals surface area contributed by atoms with Crippen molar-refractivity contribution >= 4 is 22.3 Å². The Morgan fingerprint density at radius 1 is 1.03 bits per heavy atom. The second-order valence-electron chi connectivity index (χ2n) is 10.3. The molecule has 0 aliphatic heterocycles. The summed E-state index contributed by atoms with van der Waals surface area (Å²) in [6, 6.07) is 0.642. The van der Waals surface area contributed by atoms with Gasteiger partial charge in [0.05, 0.1) is 0 Å². The maximum absolute atomic E-state index is 14.7. The van der Waals surface area contributed by atoms with Crippen molar-refractivity contribution in [2.45, 2.75) is 84.8 Å². The molecule has 2 rings (SSSR count). The molecule has 0 aliphatic carbocycles. The standard InChI is InChI=1S/C22H32F4N2OS/c1-13(2)14-10-18-15(9-17(14)23)16(11-28(18)12-20(3,4)5)19(22(24,25)26)27-30(29)21(6,7)8/h9-11,13,19,27H,12H2,1-8H3/t19-,30?/m0/s1. The van der Waals surface area contributed by atoms with Gasteiger partial charge in [0.2, 0.25) is 0 Å². The van der Waals surface area contributed by atoms with E-state index in [0.29, 0.717) is 17.6 Å². The van der Waals surface area contributed by atoms with Crippen molar-refractivity contribution in [3.63, 3.8) is 0 Å². The Hall–Kier alpha value is -1.25. The van der Waals surface area contributed by atoms with Crippen LogP contribution in [0.4, 0.5) is 17.6 Å². The highest BCUT2D eigenvalue weighted by molar-refractivity contribution is 7.90. The summed E-state index contributed by atoms with van der Waals surface area (Å²) >= 11 is -1.96. The van der Waals surface area contributed by atoms with E-state index in [1.807, 2.05) is 34.6 Å². The van der Waals surface area contributed by atoms with Crippen LogP contribution in [-0.4, -0.2) is 20.0 Å². The van der Waals surface area contributed by atoms with Gasteiger partial charge in [0.25, 0.3) is 0 Å². The maximum Gasteiger partial charge on any atom is 0.412 e. The minimum absolute atomic E-state index is 0.110. The van der Waals surface area contributed by atoms with Gasteiger partial charge in [-0.15, -0.1) is 4.72 Å². The van der Waals surface area contributed by atoms with Crippen LogP contribution in [0.1, 0.15) is 78.5 Å². The summed E-state index contributed by atoms with van der Waals surface area (Å²) in [6.07, 6.45) is -3.28. The van der Waals surface area contributed by atoms with Gasteiger partial charge >= 0.3 is 6.18 Å². The molecule has 2 atom stereocenters. The largest absolute Gasteiger partial charge is 0.598 e. The summed E-state index contributed by atoms with van der Waals surface area (Å²) < 4.78 is 72.5. The van der Waals surface area contributed by atoms with Gasteiger partial charge in [-0.3, -0.25) is 0 Å². The Bertz CT molecular complexity index is 892. The first-order valence-electron chi connectivity index (χ1n) is 9.99. The lowest BCUT2D eigenvalue weighted by Gasteiger charge is -2.29. The van der Waals surface area contributed by atoms with Crippen LogP contribution < -0.4 is 4.72 Å². The predicted octanol–water partition coefficient (Wildman–Crippen LogP) is 6.61. The number of nitrogens with zero attached hydrogens (tertiary/aromatic N) is 1. The van der Waals surface area contributed by atoms with Gasteiger partial charge in [0.15, 0.2) is 6.04 Å². The van der Waals surface area contributed by atoms with Crippen molar-refractivity contribution in [1.82, 2.24) is 9.29 Å². The molecule has 0 saturated heterocycles. The van der Waals surface area contributed by atoms with Crippen LogP contribution in [0.25, 0.3) is 10.9 Å². The number of fused-ring (bicyclic) bond motifs is 1. The third kappa shape index (κ3) is 5.71. The molecule has 0 spiro atoms. The number of hydrogen-bond donors (Lipinski definition) is 1. The SMILES string of the molecule is CC(C)c1cc2c(cc1F)c([C@H](N[S+]([O-])C(C)(C)C)C(F)(F)F)cn2CC(C)(C)C. The van der Waals surface area contributed by atoms with E-state index in [1.54, 1.807) is 31.4 Å². The lowest BCUT2D eigenvalue weighted by atomic mass is 9.96. The van der Waals surface area contributed by atoms with Crippen LogP contribution in [0.15, 0.2) is 18.3 Å². The smallest absolute Gasteiger partial charge is 0.412 e. The highest BCUT2D eigenvalue weighted by Gasteiger charge is 2.47. The molecular weight excluding hydrogens is 416 g/mol. The van der Waals surface area contributed by atoms with Crippen molar-refractivity contribution in [1.29, 1.82) is 0 Å². The predicted molar refractivity (Wildman–Crippen MR) is 115 cm³/mol. The zero-order valence-electron chi connectivity index (χ0n) is 18.9. The number of hydrogen-bond acceptors (Lipinski definition) is 2. The molecule has 1 unspecified atom stereocenters. The first-order chi connectivity index (χ1) is 13.4. The molecule has 170 valence electrons. The number of alkyl halides is 3. The van der Waals surface area contributed by atoms with E-state index in [2.05, 4.69) is 4.72 Å². The molecule has 3 nitrogen and oxygen atoms in total. The Kier molecular flexibility index (Phi) is 6.97. The van der Waals surface area contributed by atoms with E-state index in [1.165, 1.54) is 12.3 Å². The Morgan fingerprint density at radius 2 is 1.60 bits per heavy atom. The van der Waals surface area contributed by atoms with Crippen molar-refractivity contribution in [2.24, 2.45) is 5.41 Å². The van der Waals surface area contributed by atoms with E-state index in [0.717, 1.165) is 0 Å². The monoisotopic (exact) mass is 448 g/mol. The first kappa shape index (κ1) is 25.0. The van der Waals surface area contributed by atoms with Gasteiger partial charge in [-0.1, -0.05) is 34.6 Å². The molecule has 0 aliphatic rings. The third-order valence-corrected chi connectivity index (χ3v) is 6.28. The topological polar surface area (TPSA) is 40.0 Å². The summed E-state index contributed by atoms with van der Waals surface area (Å²) in [6.45, 7) is 14.9. The van der Waals surface area contributed by atoms with Crippen LogP contribution in [0.5, 0.6) is 0 Å². The average Bonchev–Trinajstić information content (AvgIpc) is 2.84. The molecule has 0 saturated carbocycles. The highest BCUT2D eigenvalue weighted by Crippen LogP contribution is 2.40. The maximum atomic E-state index is 14.7. The molecule has 1 aromatic carbocycles. The minimum Gasteiger partial charge on any atom is -0.598 e. The van der Waals surface area contributed by atoms with Gasteiger partial charge in [-0.05, 0) is 49.8 Å². The molecule has 1 heterocycles. The Labute approximate surface area is 179 Å². The highest BCUT2D eigenvalue weighted by atomic mass is 32.2. The quantitative estimate of drug-likeness (QED) is 0.413. The first-order valence-corrected chi connectivity index (χ1v) is 11.1. The molecule has 1 N–H and O–H groups in total. The van der Waals surface area contributed by atoms with Gasteiger partial charge in [-0.25, -0.2) is 4.39 Å². The molecule has 30 heavy (non-hydrogen) atoms. The molecule has 0 radical (unpaired) electrons. The van der Waals surface area contributed by atoms with Crippen LogP contribution in [0.3, 0.4) is 0 Å². The lowest BCUT2D eigenvalue weighted by molar-refractivity contribution is -0.152. The second-order valence-corrected chi connectivity index (χ2v) is 12.3. The number of nitrogens with one attached hydrogen (secondary N) is 1. The van der Waals surface area contributed by atoms with E-state index in [4.69, 9.17) is 0 Å². The normalized spacial score (nSPS) is 15.8. The fourth-order valence-electron chi connectivity index (χ4n) is 3.26. The summed E-state index contributed by atoms with van der Waals surface area (Å²) in [5.41, 5.74) is 0.679. The lowest BCUT2D eigenvalue weighted by Crippen LogP contribution is -2.45. The molecule has 0 amide bonds. The van der Waals surface area contributed by atoms with Crippen LogP contribution >= 0.6 is 0 Å². The Morgan fingerprint density at radius 3 is 2.03 bits per heavy atom. The molecule has 2 aromatic rings. The average molecular weight is 449 g/mol. The van der Waals surface area contributed by atoms with Crippen LogP contribution in [0.2, 0.25) is 0 Å². The Balaban J connectivity index is 2.75. The molecule has 8 heteroatoms. The van der Waals surface area contributed by atoms with Gasteiger partial charge < -0.3 is 9.12 Å². The molecule has 0 fully saturated rings. The number of rotatable bonds is 5. The van der Waals surface area contributed by atoms with Gasteiger partial charge in [0, 0.05) is 40.6 Å². The van der Waals surface area contributed by atoms with Gasteiger partial charge in [-0.2, -0.15) is 13.2 Å². The second kappa shape index (κ2) is 8.36. The fraction of sp³-hybridized carbons (Fsp3) is 0.636. The van der Waals surface area contributed by atoms with E-state index < -0.39 is 34.1 Å². The van der Waals surface area contributed by atoms with Crippen LogP contribution in [0, 0.1) is 11.2 Å². The van der Waals surface area contributed by atoms with Gasteiger partial charge in [0.1, 0.15) is 10.6 Å². The van der Waals surface area contributed by atoms with Crippen molar-refractivity contribution < 1.29 is 22.1 Å². The third-order valence-electron chi connectivity index (χ3n) is 4.72. The number of aromatic nitrogens is 1. The van der Waals surface area contributed by atoms with E-state index in [9.17, 15) is 22.1 Å². The van der Waals surface area contributed by atoms with Crippen molar-refractivity contribution in [3.05, 3.63) is 35.3 Å². The molecule has 0 bridgehead atoms. The zero-order chi connectivity index (χ0) is 23.2. The summed E-state index contributed by atoms with van der Waals surface area (Å²) in [5.74, 6) is -0.647.